The van der Waals surface area contributed by atoms with Gasteiger partial charge in [0.1, 0.15) is 11.5 Å². The molecule has 1 fully saturated rings. The molecule has 0 spiro atoms. The Balaban J connectivity index is 1.92. The zero-order valence-electron chi connectivity index (χ0n) is 19.1. The van der Waals surface area contributed by atoms with Crippen LogP contribution >= 0.6 is 11.6 Å². The van der Waals surface area contributed by atoms with Crippen LogP contribution in [0.25, 0.3) is 0 Å². The smallest absolute Gasteiger partial charge is 0.255 e. The number of amides is 2. The van der Waals surface area contributed by atoms with Crippen molar-refractivity contribution in [2.75, 3.05) is 33.9 Å². The standard InChI is InChI=1S/C25H31ClN2O4/c1-16(2)11-12-27-24(29)21-15-28(25(30)18-7-5-6-8-22(18)26)14-20(21)19-13-17(31-3)9-10-23(19)32-4/h5-10,13,16,20-21H,11-12,14-15H2,1-4H3,(H,27,29). The lowest BCUT2D eigenvalue weighted by Crippen LogP contribution is -2.36. The molecule has 0 aliphatic carbocycles. The Morgan fingerprint density at radius 1 is 1.12 bits per heavy atom. The van der Waals surface area contributed by atoms with Crippen molar-refractivity contribution in [3.8, 4) is 11.5 Å². The number of carbonyl (C=O) groups excluding carboxylic acids is 2. The van der Waals surface area contributed by atoms with Crippen molar-refractivity contribution in [2.45, 2.75) is 26.2 Å². The Kier molecular flexibility index (Phi) is 8.02. The molecule has 1 aliphatic heterocycles. The quantitative estimate of drug-likeness (QED) is 0.637. The van der Waals surface area contributed by atoms with Gasteiger partial charge >= 0.3 is 0 Å². The van der Waals surface area contributed by atoms with E-state index in [1.54, 1.807) is 43.4 Å². The van der Waals surface area contributed by atoms with E-state index in [0.717, 1.165) is 12.0 Å². The lowest BCUT2D eigenvalue weighted by atomic mass is 9.87. The minimum Gasteiger partial charge on any atom is -0.497 e. The zero-order chi connectivity index (χ0) is 23.3. The normalized spacial score (nSPS) is 18.0. The van der Waals surface area contributed by atoms with E-state index in [2.05, 4.69) is 19.2 Å². The second-order valence-electron chi connectivity index (χ2n) is 8.48. The largest absolute Gasteiger partial charge is 0.497 e. The molecule has 2 amide bonds. The predicted octanol–water partition coefficient (Wildman–Crippen LogP) is 4.38. The Morgan fingerprint density at radius 2 is 1.88 bits per heavy atom. The molecule has 2 aromatic carbocycles. The molecular weight excluding hydrogens is 428 g/mol. The van der Waals surface area contributed by atoms with Crippen LogP contribution in [0.15, 0.2) is 42.5 Å². The number of carbonyl (C=O) groups is 2. The molecule has 1 N–H and O–H groups in total. The van der Waals surface area contributed by atoms with Gasteiger partial charge in [0, 0.05) is 31.1 Å². The SMILES string of the molecule is COc1ccc(OC)c(C2CN(C(=O)c3ccccc3Cl)CC2C(=O)NCCC(C)C)c1. The van der Waals surface area contributed by atoms with E-state index in [0.29, 0.717) is 47.6 Å². The highest BCUT2D eigenvalue weighted by molar-refractivity contribution is 6.33. The summed E-state index contributed by atoms with van der Waals surface area (Å²) in [5.41, 5.74) is 1.29. The number of hydrogen-bond donors (Lipinski definition) is 1. The Hall–Kier alpha value is -2.73. The third kappa shape index (κ3) is 5.36. The van der Waals surface area contributed by atoms with Crippen molar-refractivity contribution >= 4 is 23.4 Å². The molecule has 1 aliphatic rings. The average molecular weight is 459 g/mol. The molecule has 172 valence electrons. The maximum Gasteiger partial charge on any atom is 0.255 e. The van der Waals surface area contributed by atoms with Crippen LogP contribution in [0, 0.1) is 11.8 Å². The lowest BCUT2D eigenvalue weighted by molar-refractivity contribution is -0.124. The summed E-state index contributed by atoms with van der Waals surface area (Å²) in [6.45, 7) is 5.54. The van der Waals surface area contributed by atoms with Gasteiger partial charge < -0.3 is 19.7 Å². The van der Waals surface area contributed by atoms with Crippen molar-refractivity contribution in [3.05, 3.63) is 58.6 Å². The van der Waals surface area contributed by atoms with Gasteiger partial charge in [0.15, 0.2) is 0 Å². The maximum atomic E-state index is 13.2. The molecule has 2 aromatic rings. The van der Waals surface area contributed by atoms with Crippen molar-refractivity contribution in [1.29, 1.82) is 0 Å². The number of methoxy groups -OCH3 is 2. The first-order chi connectivity index (χ1) is 15.3. The van der Waals surface area contributed by atoms with Crippen molar-refractivity contribution in [3.63, 3.8) is 0 Å². The molecule has 1 saturated heterocycles. The molecule has 3 rings (SSSR count). The zero-order valence-corrected chi connectivity index (χ0v) is 19.8. The van der Waals surface area contributed by atoms with E-state index in [-0.39, 0.29) is 17.7 Å². The van der Waals surface area contributed by atoms with Gasteiger partial charge in [0.25, 0.3) is 5.91 Å². The number of halogens is 1. The average Bonchev–Trinajstić information content (AvgIpc) is 3.23. The van der Waals surface area contributed by atoms with Crippen LogP contribution in [-0.4, -0.2) is 50.6 Å². The number of benzene rings is 2. The molecule has 0 bridgehead atoms. The maximum absolute atomic E-state index is 13.2. The number of nitrogens with zero attached hydrogens (tertiary/aromatic N) is 1. The van der Waals surface area contributed by atoms with Crippen LogP contribution in [0.3, 0.4) is 0 Å². The Morgan fingerprint density at radius 3 is 2.53 bits per heavy atom. The van der Waals surface area contributed by atoms with Gasteiger partial charge in [-0.3, -0.25) is 9.59 Å². The number of rotatable bonds is 8. The summed E-state index contributed by atoms with van der Waals surface area (Å²) in [7, 11) is 3.20. The molecule has 2 atom stereocenters. The van der Waals surface area contributed by atoms with Gasteiger partial charge in [0.2, 0.25) is 5.91 Å². The summed E-state index contributed by atoms with van der Waals surface area (Å²) in [6.07, 6.45) is 0.897. The second kappa shape index (κ2) is 10.7. The van der Waals surface area contributed by atoms with E-state index >= 15 is 0 Å². The summed E-state index contributed by atoms with van der Waals surface area (Å²) < 4.78 is 11.0. The predicted molar refractivity (Wildman–Crippen MR) is 126 cm³/mol. The third-order valence-corrected chi connectivity index (χ3v) is 6.23. The fraction of sp³-hybridized carbons (Fsp3) is 0.440. The first-order valence-corrected chi connectivity index (χ1v) is 11.3. The highest BCUT2D eigenvalue weighted by atomic mass is 35.5. The summed E-state index contributed by atoms with van der Waals surface area (Å²) >= 11 is 6.27. The lowest BCUT2D eigenvalue weighted by Gasteiger charge is -2.21. The van der Waals surface area contributed by atoms with E-state index in [4.69, 9.17) is 21.1 Å². The molecule has 2 unspecified atom stereocenters. The molecule has 0 aromatic heterocycles. The van der Waals surface area contributed by atoms with Gasteiger partial charge in [-0.25, -0.2) is 0 Å². The molecule has 0 radical (unpaired) electrons. The Bertz CT molecular complexity index is 963. The van der Waals surface area contributed by atoms with E-state index < -0.39 is 5.92 Å². The van der Waals surface area contributed by atoms with E-state index in [1.165, 1.54) is 0 Å². The molecule has 1 heterocycles. The van der Waals surface area contributed by atoms with Crippen LogP contribution in [-0.2, 0) is 4.79 Å². The van der Waals surface area contributed by atoms with Crippen LogP contribution in [0.1, 0.15) is 42.1 Å². The monoisotopic (exact) mass is 458 g/mol. The van der Waals surface area contributed by atoms with E-state index in [1.807, 2.05) is 18.2 Å². The van der Waals surface area contributed by atoms with Crippen molar-refractivity contribution in [2.24, 2.45) is 11.8 Å². The molecule has 6 nitrogen and oxygen atoms in total. The Labute approximate surface area is 194 Å². The number of nitrogens with one attached hydrogen (secondary N) is 1. The number of hydrogen-bond acceptors (Lipinski definition) is 4. The van der Waals surface area contributed by atoms with Gasteiger partial charge in [-0.15, -0.1) is 0 Å². The summed E-state index contributed by atoms with van der Waals surface area (Å²) in [4.78, 5) is 28.1. The fourth-order valence-corrected chi connectivity index (χ4v) is 4.32. The summed E-state index contributed by atoms with van der Waals surface area (Å²) in [5.74, 6) is 0.958. The summed E-state index contributed by atoms with van der Waals surface area (Å²) in [5, 5.41) is 3.46. The van der Waals surface area contributed by atoms with Crippen LogP contribution in [0.2, 0.25) is 5.02 Å². The van der Waals surface area contributed by atoms with Gasteiger partial charge in [-0.05, 0) is 42.7 Å². The second-order valence-corrected chi connectivity index (χ2v) is 8.89. The van der Waals surface area contributed by atoms with Crippen LogP contribution in [0.5, 0.6) is 11.5 Å². The number of likely N-dealkylation sites (tertiary alicyclic amines) is 1. The summed E-state index contributed by atoms with van der Waals surface area (Å²) in [6, 6.07) is 12.5. The van der Waals surface area contributed by atoms with Crippen LogP contribution in [0.4, 0.5) is 0 Å². The first kappa shape index (κ1) is 23.9. The van der Waals surface area contributed by atoms with Crippen LogP contribution < -0.4 is 14.8 Å². The molecular formula is C25H31ClN2O4. The van der Waals surface area contributed by atoms with Gasteiger partial charge in [-0.1, -0.05) is 37.6 Å². The highest BCUT2D eigenvalue weighted by Gasteiger charge is 2.42. The fourth-order valence-electron chi connectivity index (χ4n) is 4.10. The van der Waals surface area contributed by atoms with Gasteiger partial charge in [-0.2, -0.15) is 0 Å². The van der Waals surface area contributed by atoms with E-state index in [9.17, 15) is 9.59 Å². The molecule has 0 saturated carbocycles. The first-order valence-electron chi connectivity index (χ1n) is 10.9. The third-order valence-electron chi connectivity index (χ3n) is 5.91. The number of ether oxygens (including phenoxy) is 2. The minimum absolute atomic E-state index is 0.0602. The molecule has 32 heavy (non-hydrogen) atoms. The van der Waals surface area contributed by atoms with Gasteiger partial charge in [0.05, 0.1) is 30.7 Å². The molecule has 7 heteroatoms. The van der Waals surface area contributed by atoms with Crippen molar-refractivity contribution < 1.29 is 19.1 Å². The highest BCUT2D eigenvalue weighted by Crippen LogP contribution is 2.40. The minimum atomic E-state index is -0.408. The topological polar surface area (TPSA) is 67.9 Å². The van der Waals surface area contributed by atoms with Crippen molar-refractivity contribution in [1.82, 2.24) is 10.2 Å².